The molecule has 0 spiro atoms. The Morgan fingerprint density at radius 2 is 2.00 bits per heavy atom. The summed E-state index contributed by atoms with van der Waals surface area (Å²) in [5, 5.41) is -0.676. The molecule has 0 N–H and O–H groups in total. The molecule has 1 heterocycles. The van der Waals surface area contributed by atoms with Crippen molar-refractivity contribution in [3.05, 3.63) is 22.7 Å². The van der Waals surface area contributed by atoms with E-state index in [-0.39, 0.29) is 6.42 Å². The van der Waals surface area contributed by atoms with Crippen LogP contribution < -0.4 is 0 Å². The largest absolute Gasteiger partial charge is 0.240 e. The van der Waals surface area contributed by atoms with Crippen molar-refractivity contribution in [1.29, 1.82) is 0 Å². The van der Waals surface area contributed by atoms with Crippen molar-refractivity contribution >= 4 is 35.7 Å². The molecule has 0 fully saturated rings. The lowest BCUT2D eigenvalue weighted by Gasteiger charge is -2.05. The van der Waals surface area contributed by atoms with Gasteiger partial charge in [0.15, 0.2) is 0 Å². The van der Waals surface area contributed by atoms with Crippen LogP contribution in [0.25, 0.3) is 0 Å². The molecular formula is C7H8BrClN2O2S. The van der Waals surface area contributed by atoms with E-state index in [0.717, 1.165) is 4.47 Å². The van der Waals surface area contributed by atoms with Gasteiger partial charge in [-0.2, -0.15) is 0 Å². The Morgan fingerprint density at radius 3 is 2.43 bits per heavy atom. The highest BCUT2D eigenvalue weighted by Gasteiger charge is 2.18. The molecule has 78 valence electrons. The highest BCUT2D eigenvalue weighted by Crippen LogP contribution is 2.12. The zero-order chi connectivity index (χ0) is 10.8. The fraction of sp³-hybridized carbons (Fsp3) is 0.429. The Kier molecular flexibility index (Phi) is 3.86. The van der Waals surface area contributed by atoms with Crippen LogP contribution in [0.15, 0.2) is 16.9 Å². The van der Waals surface area contributed by atoms with Gasteiger partial charge in [0.2, 0.25) is 9.05 Å². The fourth-order valence-corrected chi connectivity index (χ4v) is 1.54. The molecule has 0 saturated heterocycles. The molecule has 0 saturated carbocycles. The smallest absolute Gasteiger partial charge is 0.235 e. The van der Waals surface area contributed by atoms with Crippen LogP contribution >= 0.6 is 26.6 Å². The first-order chi connectivity index (χ1) is 6.39. The molecular weight excluding hydrogens is 292 g/mol. The van der Waals surface area contributed by atoms with Crippen molar-refractivity contribution in [3.63, 3.8) is 0 Å². The number of rotatable bonds is 3. The lowest BCUT2D eigenvalue weighted by atomic mass is 10.3. The molecule has 0 unspecified atom stereocenters. The third kappa shape index (κ3) is 3.51. The third-order valence-electron chi connectivity index (χ3n) is 1.62. The molecule has 0 amide bonds. The molecule has 14 heavy (non-hydrogen) atoms. The van der Waals surface area contributed by atoms with E-state index in [0.29, 0.717) is 5.82 Å². The molecule has 0 aliphatic carbocycles. The van der Waals surface area contributed by atoms with Gasteiger partial charge in [-0.1, -0.05) is 0 Å². The van der Waals surface area contributed by atoms with Gasteiger partial charge in [-0.25, -0.2) is 18.4 Å². The summed E-state index contributed by atoms with van der Waals surface area (Å²) in [4.78, 5) is 7.90. The average Bonchev–Trinajstić information content (AvgIpc) is 2.07. The van der Waals surface area contributed by atoms with Gasteiger partial charge in [0, 0.05) is 29.5 Å². The van der Waals surface area contributed by atoms with Crippen LogP contribution in [0.4, 0.5) is 0 Å². The van der Waals surface area contributed by atoms with Crippen molar-refractivity contribution in [2.24, 2.45) is 0 Å². The lowest BCUT2D eigenvalue weighted by molar-refractivity contribution is 0.595. The van der Waals surface area contributed by atoms with Gasteiger partial charge in [0.05, 0.1) is 9.72 Å². The standard InChI is InChI=1S/C7H8BrClN2O2S/c1-5(14(9,12)13)2-7-10-3-6(8)4-11-7/h3-5H,2H2,1H3/t5-/m1/s1. The summed E-state index contributed by atoms with van der Waals surface area (Å²) in [6.45, 7) is 1.52. The minimum Gasteiger partial charge on any atom is -0.240 e. The van der Waals surface area contributed by atoms with Crippen molar-refractivity contribution in [2.45, 2.75) is 18.6 Å². The Balaban J connectivity index is 2.75. The molecule has 1 aromatic rings. The Morgan fingerprint density at radius 1 is 1.50 bits per heavy atom. The second-order valence-electron chi connectivity index (χ2n) is 2.81. The predicted molar refractivity (Wildman–Crippen MR) is 57.7 cm³/mol. The Hall–Kier alpha value is -0.200. The van der Waals surface area contributed by atoms with E-state index >= 15 is 0 Å². The van der Waals surface area contributed by atoms with Crippen LogP contribution in [0.3, 0.4) is 0 Å². The first-order valence-corrected chi connectivity index (χ1v) is 6.96. The van der Waals surface area contributed by atoms with Gasteiger partial charge in [-0.15, -0.1) is 0 Å². The summed E-state index contributed by atoms with van der Waals surface area (Å²) >= 11 is 3.18. The van der Waals surface area contributed by atoms with E-state index in [1.54, 1.807) is 12.4 Å². The maximum Gasteiger partial charge on any atom is 0.235 e. The fourth-order valence-electron chi connectivity index (χ4n) is 0.801. The minimum atomic E-state index is -3.53. The molecule has 1 atom stereocenters. The lowest BCUT2D eigenvalue weighted by Crippen LogP contribution is -2.16. The van der Waals surface area contributed by atoms with Gasteiger partial charge in [-0.05, 0) is 22.9 Å². The number of halogens is 2. The minimum absolute atomic E-state index is 0.221. The zero-order valence-corrected chi connectivity index (χ0v) is 10.5. The Labute approximate surface area is 95.3 Å². The van der Waals surface area contributed by atoms with Crippen molar-refractivity contribution in [2.75, 3.05) is 0 Å². The van der Waals surface area contributed by atoms with Crippen LogP contribution in [0, 0.1) is 0 Å². The molecule has 7 heteroatoms. The summed E-state index contributed by atoms with van der Waals surface area (Å²) in [7, 11) is 1.64. The topological polar surface area (TPSA) is 59.9 Å². The maximum absolute atomic E-state index is 10.9. The van der Waals surface area contributed by atoms with E-state index in [4.69, 9.17) is 10.7 Å². The zero-order valence-electron chi connectivity index (χ0n) is 7.31. The first kappa shape index (κ1) is 11.9. The highest BCUT2D eigenvalue weighted by atomic mass is 79.9. The summed E-state index contributed by atoms with van der Waals surface area (Å²) in [6.07, 6.45) is 3.35. The summed E-state index contributed by atoms with van der Waals surface area (Å²) < 4.78 is 22.6. The molecule has 0 radical (unpaired) electrons. The van der Waals surface area contributed by atoms with Crippen molar-refractivity contribution < 1.29 is 8.42 Å². The molecule has 0 aliphatic heterocycles. The number of nitrogens with zero attached hydrogens (tertiary/aromatic N) is 2. The van der Waals surface area contributed by atoms with Gasteiger partial charge in [0.1, 0.15) is 5.82 Å². The van der Waals surface area contributed by atoms with Crippen LogP contribution in [0.5, 0.6) is 0 Å². The summed E-state index contributed by atoms with van der Waals surface area (Å²) in [6, 6.07) is 0. The van der Waals surface area contributed by atoms with Crippen LogP contribution in [0.2, 0.25) is 0 Å². The molecule has 0 aromatic carbocycles. The summed E-state index contributed by atoms with van der Waals surface area (Å²) in [5.41, 5.74) is 0. The van der Waals surface area contributed by atoms with Crippen molar-refractivity contribution in [3.8, 4) is 0 Å². The van der Waals surface area contributed by atoms with Gasteiger partial charge >= 0.3 is 0 Å². The van der Waals surface area contributed by atoms with Gasteiger partial charge in [0.25, 0.3) is 0 Å². The molecule has 1 aromatic heterocycles. The third-order valence-corrected chi connectivity index (χ3v) is 4.07. The summed E-state index contributed by atoms with van der Waals surface area (Å²) in [5.74, 6) is 0.463. The van der Waals surface area contributed by atoms with Crippen molar-refractivity contribution in [1.82, 2.24) is 9.97 Å². The quantitative estimate of drug-likeness (QED) is 0.798. The van der Waals surface area contributed by atoms with Gasteiger partial charge in [-0.3, -0.25) is 0 Å². The number of aromatic nitrogens is 2. The maximum atomic E-state index is 10.9. The van der Waals surface area contributed by atoms with E-state index in [1.165, 1.54) is 6.92 Å². The Bertz CT molecular complexity index is 406. The normalized spacial score (nSPS) is 13.9. The molecule has 0 bridgehead atoms. The predicted octanol–water partition coefficient (Wildman–Crippen LogP) is 1.74. The number of hydrogen-bond acceptors (Lipinski definition) is 4. The van der Waals surface area contributed by atoms with E-state index in [2.05, 4.69) is 25.9 Å². The molecule has 1 rings (SSSR count). The number of hydrogen-bond donors (Lipinski definition) is 0. The second kappa shape index (κ2) is 4.55. The first-order valence-electron chi connectivity index (χ1n) is 3.79. The van der Waals surface area contributed by atoms with Crippen LogP contribution in [-0.2, 0) is 15.5 Å². The second-order valence-corrected chi connectivity index (χ2v) is 6.77. The SMILES string of the molecule is C[C@H](Cc1ncc(Br)cn1)S(=O)(=O)Cl. The average molecular weight is 300 g/mol. The molecule has 4 nitrogen and oxygen atoms in total. The van der Waals surface area contributed by atoms with E-state index < -0.39 is 14.3 Å². The van der Waals surface area contributed by atoms with E-state index in [9.17, 15) is 8.42 Å². The van der Waals surface area contributed by atoms with Gasteiger partial charge < -0.3 is 0 Å². The molecule has 0 aliphatic rings. The highest BCUT2D eigenvalue weighted by molar-refractivity contribution is 9.10. The van der Waals surface area contributed by atoms with Crippen LogP contribution in [0.1, 0.15) is 12.7 Å². The van der Waals surface area contributed by atoms with Crippen LogP contribution in [-0.4, -0.2) is 23.6 Å². The monoisotopic (exact) mass is 298 g/mol. The van der Waals surface area contributed by atoms with E-state index in [1.807, 2.05) is 0 Å².